The Labute approximate surface area is 460 Å². The lowest BCUT2D eigenvalue weighted by Crippen LogP contribution is -2.57. The van der Waals surface area contributed by atoms with Crippen molar-refractivity contribution in [3.8, 4) is 27.6 Å². The maximum Gasteiger partial charge on any atom is 0.319 e. The number of likely N-dealkylation sites (tertiary alicyclic amines) is 2. The molecule has 77 heavy (non-hydrogen) atoms. The number of nitrogens with zero attached hydrogens (tertiary/aromatic N) is 7. The Balaban J connectivity index is 0.730. The van der Waals surface area contributed by atoms with Crippen molar-refractivity contribution in [2.45, 2.75) is 135 Å². The number of nitrogen functional groups attached to an aromatic ring is 1. The minimum Gasteiger partial charge on any atom is -0.459 e. The summed E-state index contributed by atoms with van der Waals surface area (Å²) in [5, 5.41) is 21.2. The van der Waals surface area contributed by atoms with Crippen LogP contribution in [-0.4, -0.2) is 128 Å². The van der Waals surface area contributed by atoms with Gasteiger partial charge in [0.25, 0.3) is 0 Å². The summed E-state index contributed by atoms with van der Waals surface area (Å²) in [6.45, 7) is 15.1. The molecule has 4 saturated heterocycles. The number of nitrogens with two attached hydrogens (primary N) is 1. The van der Waals surface area contributed by atoms with Gasteiger partial charge in [0.05, 0.1) is 43.5 Å². The topological polar surface area (TPSA) is 204 Å². The van der Waals surface area contributed by atoms with Crippen LogP contribution in [0.25, 0.3) is 42.7 Å². The summed E-state index contributed by atoms with van der Waals surface area (Å²) >= 11 is 9.48. The summed E-state index contributed by atoms with van der Waals surface area (Å²) in [4.78, 5) is 67.0. The van der Waals surface area contributed by atoms with Gasteiger partial charge >= 0.3 is 6.01 Å². The maximum absolute atomic E-state index is 17.1. The maximum atomic E-state index is 17.1. The molecule has 16 nitrogen and oxygen atoms in total. The number of aryl methyl sites for hydroxylation is 1. The van der Waals surface area contributed by atoms with Crippen LogP contribution in [0, 0.1) is 29.9 Å². The highest BCUT2D eigenvalue weighted by atomic mass is 35.5. The molecule has 2 bridgehead atoms. The van der Waals surface area contributed by atoms with Gasteiger partial charge in [0, 0.05) is 67.6 Å². The molecule has 0 spiro atoms. The standard InChI is InChI=1S/C56H68ClF2N11O5S2/c1-29(75-55-66-46-39(51(67-55)69-25-35-14-15-36(26-69)63-35)23-40(57)44(45(46)59)38-16-17-41(58)49-47(38)65-54(60)77-49)24-68-20-18-32(19-21-68)8-7-9-43(72)64-50(56(4,5)6)53(74)70-27-37(71)22-42(70)52(73)62-30(2)33-10-12-34(13-11-33)48-31(3)61-28-76-48/h10-13,16-17,23,28-30,32,35-37,42,50,63,71H,7-9,14-15,18-22,24-27H2,1-6H3,(H2,60,65)(H,62,73)(H,64,72)/t29-,30-,35?,36?,37+,42-,50+/m0/s1. The van der Waals surface area contributed by atoms with E-state index in [1.807, 2.05) is 71.3 Å². The Morgan fingerprint density at radius 1 is 0.974 bits per heavy atom. The number of halogens is 3. The minimum absolute atomic E-state index is 0.000481. The fraction of sp³-hybridized carbons (Fsp3) is 0.518. The Bertz CT molecular complexity index is 3150. The van der Waals surface area contributed by atoms with Crippen LogP contribution < -0.4 is 31.3 Å². The first-order valence-electron chi connectivity index (χ1n) is 26.8. The van der Waals surface area contributed by atoms with Crippen molar-refractivity contribution in [2.75, 3.05) is 49.9 Å². The van der Waals surface area contributed by atoms with E-state index in [-0.39, 0.29) is 98.8 Å². The van der Waals surface area contributed by atoms with Crippen LogP contribution in [0.4, 0.5) is 19.7 Å². The number of β-amino-alcohol motifs (C(OH)–C–C–N with tert-alkyl or cyclic N) is 1. The van der Waals surface area contributed by atoms with Crippen molar-refractivity contribution in [1.29, 1.82) is 0 Å². The lowest BCUT2D eigenvalue weighted by atomic mass is 9.85. The Morgan fingerprint density at radius 2 is 1.70 bits per heavy atom. The van der Waals surface area contributed by atoms with Gasteiger partial charge in [0.2, 0.25) is 17.7 Å². The molecule has 6 aromatic rings. The minimum atomic E-state index is -0.904. The number of piperazine rings is 1. The molecule has 4 aliphatic rings. The number of hydrogen-bond donors (Lipinski definition) is 5. The van der Waals surface area contributed by atoms with E-state index < -0.39 is 35.2 Å². The third-order valence-corrected chi connectivity index (χ3v) is 17.9. The predicted octanol–water partition coefficient (Wildman–Crippen LogP) is 8.81. The fourth-order valence-electron chi connectivity index (χ4n) is 11.7. The number of ether oxygens (including phenoxy) is 1. The molecule has 10 rings (SSSR count). The second kappa shape index (κ2) is 22.6. The van der Waals surface area contributed by atoms with E-state index in [9.17, 15) is 23.9 Å². The van der Waals surface area contributed by atoms with Crippen LogP contribution in [0.5, 0.6) is 6.01 Å². The second-order valence-corrected chi connectivity index (χ2v) is 24.9. The predicted molar refractivity (Wildman–Crippen MR) is 299 cm³/mol. The number of amides is 3. The zero-order valence-electron chi connectivity index (χ0n) is 44.4. The van der Waals surface area contributed by atoms with E-state index in [1.54, 1.807) is 17.4 Å². The van der Waals surface area contributed by atoms with Crippen molar-refractivity contribution < 1.29 is 33.0 Å². The smallest absolute Gasteiger partial charge is 0.319 e. The lowest BCUT2D eigenvalue weighted by molar-refractivity contribution is -0.144. The monoisotopic (exact) mass is 1110 g/mol. The summed E-state index contributed by atoms with van der Waals surface area (Å²) in [7, 11) is 0. The quantitative estimate of drug-likeness (QED) is 0.0616. The van der Waals surface area contributed by atoms with E-state index in [2.05, 4.69) is 40.7 Å². The fourth-order valence-corrected chi connectivity index (χ4v) is 13.6. The lowest BCUT2D eigenvalue weighted by Gasteiger charge is -2.35. The zero-order chi connectivity index (χ0) is 54.4. The van der Waals surface area contributed by atoms with Crippen LogP contribution in [0.1, 0.15) is 103 Å². The van der Waals surface area contributed by atoms with Gasteiger partial charge in [-0.15, -0.1) is 11.3 Å². The molecule has 3 aromatic heterocycles. The number of anilines is 2. The number of benzene rings is 3. The van der Waals surface area contributed by atoms with Gasteiger partial charge in [-0.2, -0.15) is 9.97 Å². The molecule has 3 amide bonds. The number of carbonyl (C=O) groups is 3. The number of rotatable bonds is 16. The summed E-state index contributed by atoms with van der Waals surface area (Å²) in [5.74, 6) is -1.19. The highest BCUT2D eigenvalue weighted by Gasteiger charge is 2.45. The van der Waals surface area contributed by atoms with Crippen LogP contribution in [-0.2, 0) is 14.4 Å². The first-order valence-corrected chi connectivity index (χ1v) is 28.9. The number of aliphatic hydroxyl groups excluding tert-OH is 1. The van der Waals surface area contributed by atoms with Crippen LogP contribution in [0.3, 0.4) is 0 Å². The zero-order valence-corrected chi connectivity index (χ0v) is 46.8. The molecule has 0 saturated carbocycles. The first kappa shape index (κ1) is 54.7. The van der Waals surface area contributed by atoms with Crippen LogP contribution in [0.15, 0.2) is 48.0 Å². The number of fused-ring (bicyclic) bond motifs is 4. The number of piperidine rings is 1. The number of nitrogens with one attached hydrogen (secondary N) is 3. The largest absolute Gasteiger partial charge is 0.459 e. The number of aromatic nitrogens is 4. The highest BCUT2D eigenvalue weighted by Crippen LogP contribution is 2.43. The van der Waals surface area contributed by atoms with Crippen molar-refractivity contribution in [3.63, 3.8) is 0 Å². The van der Waals surface area contributed by atoms with Gasteiger partial charge in [-0.1, -0.05) is 68.0 Å². The van der Waals surface area contributed by atoms with Crippen molar-refractivity contribution in [3.05, 3.63) is 75.9 Å². The molecule has 21 heteroatoms. The van der Waals surface area contributed by atoms with Crippen LogP contribution in [0.2, 0.25) is 5.02 Å². The number of aliphatic hydroxyl groups is 1. The van der Waals surface area contributed by atoms with Gasteiger partial charge in [-0.05, 0) is 113 Å². The van der Waals surface area contributed by atoms with Crippen LogP contribution >= 0.6 is 34.3 Å². The molecule has 3 aromatic carbocycles. The molecule has 410 valence electrons. The molecular weight excluding hydrogens is 1040 g/mol. The average molecular weight is 1110 g/mol. The first-order chi connectivity index (χ1) is 36.8. The van der Waals surface area contributed by atoms with E-state index in [0.717, 1.165) is 78.2 Å². The van der Waals surface area contributed by atoms with E-state index >= 15 is 4.39 Å². The third kappa shape index (κ3) is 11.9. The molecule has 6 N–H and O–H groups in total. The molecule has 7 atom stereocenters. The normalized spacial score (nSPS) is 21.4. The molecule has 2 unspecified atom stereocenters. The van der Waals surface area contributed by atoms with Crippen molar-refractivity contribution in [1.82, 2.24) is 45.7 Å². The summed E-state index contributed by atoms with van der Waals surface area (Å²) in [6, 6.07) is 10.9. The Morgan fingerprint density at radius 3 is 2.39 bits per heavy atom. The van der Waals surface area contributed by atoms with E-state index in [0.29, 0.717) is 48.7 Å². The molecular formula is C56H68ClF2N11O5S2. The van der Waals surface area contributed by atoms with Crippen molar-refractivity contribution >= 4 is 84.1 Å². The average Bonchev–Trinajstić information content (AvgIpc) is 4.20. The Hall–Kier alpha value is -5.64. The second-order valence-electron chi connectivity index (χ2n) is 22.6. The molecule has 7 heterocycles. The van der Waals surface area contributed by atoms with Crippen molar-refractivity contribution in [2.24, 2.45) is 11.3 Å². The van der Waals surface area contributed by atoms with Gasteiger partial charge in [0.15, 0.2) is 10.9 Å². The Kier molecular flexibility index (Phi) is 16.1. The van der Waals surface area contributed by atoms with Gasteiger partial charge in [-0.3, -0.25) is 19.3 Å². The molecule has 4 fully saturated rings. The van der Waals surface area contributed by atoms with E-state index in [4.69, 9.17) is 27.1 Å². The summed E-state index contributed by atoms with van der Waals surface area (Å²) in [5.41, 5.74) is 10.7. The number of carbonyl (C=O) groups excluding carboxylic acids is 3. The summed E-state index contributed by atoms with van der Waals surface area (Å²) < 4.78 is 38.6. The number of thiazole rings is 2. The SMILES string of the molecule is Cc1ncsc1-c1ccc([C@H](C)NC(=O)[C@@H]2C[C@@H](O)CN2C(=O)[C@@H](NC(=O)CCCC2CCN(C[C@H](C)Oc3nc(N4CC5CCC(C4)N5)c4cc(Cl)c(-c5ccc(F)c6sc(N)nc56)c(F)c4n3)CC2)C(C)(C)C)cc1. The van der Waals surface area contributed by atoms with Gasteiger partial charge < -0.3 is 41.3 Å². The highest BCUT2D eigenvalue weighted by molar-refractivity contribution is 7.22. The molecule has 4 aliphatic heterocycles. The number of hydrogen-bond acceptors (Lipinski definition) is 15. The third-order valence-electron chi connectivity index (χ3n) is 15.7. The summed E-state index contributed by atoms with van der Waals surface area (Å²) in [6.07, 6.45) is 4.60. The molecule has 0 radical (unpaired) electrons. The van der Waals surface area contributed by atoms with E-state index in [1.165, 1.54) is 17.0 Å². The van der Waals surface area contributed by atoms with Gasteiger partial charge in [-0.25, -0.2) is 18.7 Å². The van der Waals surface area contributed by atoms with Gasteiger partial charge in [0.1, 0.15) is 35.3 Å². The molecule has 0 aliphatic carbocycles.